The molecule has 1 aliphatic heterocycles. The van der Waals surface area contributed by atoms with Crippen LogP contribution in [0, 0.1) is 11.3 Å². The number of rotatable bonds is 5. The van der Waals surface area contributed by atoms with Crippen LogP contribution in [0.2, 0.25) is 0 Å². The molecule has 0 bridgehead atoms. The Morgan fingerprint density at radius 2 is 1.79 bits per heavy atom. The molecule has 0 aliphatic carbocycles. The predicted molar refractivity (Wildman–Crippen MR) is 144 cm³/mol. The number of pyridine rings is 1. The Morgan fingerprint density at radius 1 is 1.05 bits per heavy atom. The number of nitrogens with zero attached hydrogens (tertiary/aromatic N) is 2. The Hall–Kier alpha value is -4.35. The standard InChI is InChI=1S/C30H29N3O5/c1-30(2,3)38-29(34)33-22-7-4-19(5-8-22)27-17-25-28(37-27)24(10-13-32-25)20-6-9-26(21(16-20)18-31)36-23-11-14-35-15-12-23/h4-10,13,16-17,23H,11-12,14-15H2,1-3H3,(H,33,34). The fourth-order valence-electron chi connectivity index (χ4n) is 4.31. The summed E-state index contributed by atoms with van der Waals surface area (Å²) in [6.45, 7) is 6.79. The van der Waals surface area contributed by atoms with Crippen LogP contribution in [0.25, 0.3) is 33.6 Å². The van der Waals surface area contributed by atoms with Gasteiger partial charge in [-0.15, -0.1) is 0 Å². The molecule has 2 aromatic heterocycles. The van der Waals surface area contributed by atoms with E-state index in [2.05, 4.69) is 16.4 Å². The first-order valence-electron chi connectivity index (χ1n) is 12.6. The number of anilines is 1. The van der Waals surface area contributed by atoms with E-state index in [-0.39, 0.29) is 6.10 Å². The molecule has 1 saturated heterocycles. The molecule has 1 amide bonds. The van der Waals surface area contributed by atoms with Crippen LogP contribution in [0.3, 0.4) is 0 Å². The number of ether oxygens (including phenoxy) is 3. The smallest absolute Gasteiger partial charge is 0.412 e. The molecule has 0 saturated carbocycles. The van der Waals surface area contributed by atoms with Crippen LogP contribution in [-0.4, -0.2) is 36.0 Å². The van der Waals surface area contributed by atoms with E-state index in [9.17, 15) is 10.1 Å². The monoisotopic (exact) mass is 511 g/mol. The van der Waals surface area contributed by atoms with E-state index >= 15 is 0 Å². The van der Waals surface area contributed by atoms with E-state index in [0.29, 0.717) is 47.1 Å². The second-order valence-electron chi connectivity index (χ2n) is 10.1. The SMILES string of the molecule is CC(C)(C)OC(=O)Nc1ccc(-c2cc3nccc(-c4ccc(OC5CCOCC5)c(C#N)c4)c3o2)cc1. The number of fused-ring (bicyclic) bond motifs is 1. The topological polar surface area (TPSA) is 107 Å². The van der Waals surface area contributed by atoms with Crippen molar-refractivity contribution in [1.29, 1.82) is 5.26 Å². The average molecular weight is 512 g/mol. The number of benzene rings is 2. The van der Waals surface area contributed by atoms with Crippen LogP contribution < -0.4 is 10.1 Å². The Balaban J connectivity index is 1.39. The van der Waals surface area contributed by atoms with Crippen LogP contribution in [0.5, 0.6) is 5.75 Å². The molecule has 0 atom stereocenters. The van der Waals surface area contributed by atoms with Crippen LogP contribution in [0.1, 0.15) is 39.2 Å². The first kappa shape index (κ1) is 25.3. The maximum Gasteiger partial charge on any atom is 0.412 e. The zero-order valence-electron chi connectivity index (χ0n) is 21.6. The second kappa shape index (κ2) is 10.6. The lowest BCUT2D eigenvalue weighted by molar-refractivity contribution is 0.0254. The van der Waals surface area contributed by atoms with Gasteiger partial charge in [0.2, 0.25) is 0 Å². The maximum atomic E-state index is 12.0. The largest absolute Gasteiger partial charge is 0.489 e. The van der Waals surface area contributed by atoms with Crippen molar-refractivity contribution < 1.29 is 23.4 Å². The molecule has 1 aliphatic rings. The second-order valence-corrected chi connectivity index (χ2v) is 10.1. The molecule has 0 radical (unpaired) electrons. The molecule has 0 spiro atoms. The lowest BCUT2D eigenvalue weighted by Crippen LogP contribution is -2.27. The van der Waals surface area contributed by atoms with E-state index in [0.717, 1.165) is 29.5 Å². The van der Waals surface area contributed by atoms with Gasteiger partial charge in [-0.3, -0.25) is 10.3 Å². The number of hydrogen-bond acceptors (Lipinski definition) is 7. The molecule has 8 nitrogen and oxygen atoms in total. The number of hydrogen-bond donors (Lipinski definition) is 1. The summed E-state index contributed by atoms with van der Waals surface area (Å²) in [5.41, 5.74) is 4.35. The van der Waals surface area contributed by atoms with E-state index in [1.54, 1.807) is 18.3 Å². The number of carbonyl (C=O) groups excluding carboxylic acids is 1. The maximum absolute atomic E-state index is 12.0. The number of nitrogens with one attached hydrogen (secondary N) is 1. The zero-order valence-corrected chi connectivity index (χ0v) is 21.6. The molecule has 4 aromatic rings. The van der Waals surface area contributed by atoms with Gasteiger partial charge in [0.05, 0.1) is 18.8 Å². The summed E-state index contributed by atoms with van der Waals surface area (Å²) >= 11 is 0. The van der Waals surface area contributed by atoms with Gasteiger partial charge in [0.25, 0.3) is 0 Å². The average Bonchev–Trinajstić information content (AvgIpc) is 3.33. The van der Waals surface area contributed by atoms with Gasteiger partial charge in [-0.1, -0.05) is 6.07 Å². The van der Waals surface area contributed by atoms with Gasteiger partial charge in [-0.2, -0.15) is 5.26 Å². The van der Waals surface area contributed by atoms with Gasteiger partial charge >= 0.3 is 6.09 Å². The van der Waals surface area contributed by atoms with Crippen molar-refractivity contribution >= 4 is 22.9 Å². The van der Waals surface area contributed by atoms with Crippen LogP contribution >= 0.6 is 0 Å². The Bertz CT molecular complexity index is 1490. The van der Waals surface area contributed by atoms with Crippen molar-refractivity contribution in [2.45, 2.75) is 45.3 Å². The van der Waals surface area contributed by atoms with Gasteiger partial charge in [0.1, 0.15) is 34.8 Å². The molecular weight excluding hydrogens is 482 g/mol. The Labute approximate surface area is 221 Å². The third-order valence-corrected chi connectivity index (χ3v) is 6.10. The summed E-state index contributed by atoms with van der Waals surface area (Å²) in [6, 6.07) is 18.9. The van der Waals surface area contributed by atoms with Gasteiger partial charge in [-0.25, -0.2) is 4.79 Å². The number of aromatic nitrogens is 1. The first-order valence-corrected chi connectivity index (χ1v) is 12.6. The molecule has 8 heteroatoms. The van der Waals surface area contributed by atoms with Crippen LogP contribution in [0.15, 0.2) is 65.2 Å². The molecule has 194 valence electrons. The van der Waals surface area contributed by atoms with E-state index in [1.165, 1.54) is 0 Å². The zero-order chi connectivity index (χ0) is 26.7. The highest BCUT2D eigenvalue weighted by atomic mass is 16.6. The predicted octanol–water partition coefficient (Wildman–Crippen LogP) is 6.94. The highest BCUT2D eigenvalue weighted by molar-refractivity contribution is 5.93. The van der Waals surface area contributed by atoms with E-state index < -0.39 is 11.7 Å². The minimum absolute atomic E-state index is 0.0488. The van der Waals surface area contributed by atoms with Crippen molar-refractivity contribution in [3.8, 4) is 34.3 Å². The molecular formula is C30H29N3O5. The fraction of sp³-hybridized carbons (Fsp3) is 0.300. The van der Waals surface area contributed by atoms with Gasteiger partial charge < -0.3 is 18.6 Å². The summed E-state index contributed by atoms with van der Waals surface area (Å²) in [4.78, 5) is 16.5. The third-order valence-electron chi connectivity index (χ3n) is 6.10. The number of amides is 1. The molecule has 1 fully saturated rings. The van der Waals surface area contributed by atoms with Crippen molar-refractivity contribution in [1.82, 2.24) is 4.98 Å². The lowest BCUT2D eigenvalue weighted by atomic mass is 10.0. The third kappa shape index (κ3) is 5.79. The van der Waals surface area contributed by atoms with Crippen molar-refractivity contribution in [3.63, 3.8) is 0 Å². The number of nitriles is 1. The number of carbonyl (C=O) groups is 1. The van der Waals surface area contributed by atoms with Crippen molar-refractivity contribution in [2.24, 2.45) is 0 Å². The van der Waals surface area contributed by atoms with Gasteiger partial charge in [0, 0.05) is 41.9 Å². The summed E-state index contributed by atoms with van der Waals surface area (Å²) in [7, 11) is 0. The summed E-state index contributed by atoms with van der Waals surface area (Å²) in [5, 5.41) is 12.5. The quantitative estimate of drug-likeness (QED) is 0.309. The fourth-order valence-corrected chi connectivity index (χ4v) is 4.31. The molecule has 38 heavy (non-hydrogen) atoms. The summed E-state index contributed by atoms with van der Waals surface area (Å²) in [5.74, 6) is 1.22. The normalized spacial score (nSPS) is 14.2. The van der Waals surface area contributed by atoms with Crippen LogP contribution in [0.4, 0.5) is 10.5 Å². The molecule has 3 heterocycles. The van der Waals surface area contributed by atoms with Crippen molar-refractivity contribution in [3.05, 3.63) is 66.4 Å². The highest BCUT2D eigenvalue weighted by Crippen LogP contribution is 2.36. The van der Waals surface area contributed by atoms with E-state index in [4.69, 9.17) is 18.6 Å². The minimum atomic E-state index is -0.574. The van der Waals surface area contributed by atoms with Crippen LogP contribution in [-0.2, 0) is 9.47 Å². The minimum Gasteiger partial charge on any atom is -0.489 e. The van der Waals surface area contributed by atoms with Crippen molar-refractivity contribution in [2.75, 3.05) is 18.5 Å². The first-order chi connectivity index (χ1) is 18.3. The van der Waals surface area contributed by atoms with Gasteiger partial charge in [-0.05, 0) is 68.8 Å². The van der Waals surface area contributed by atoms with Gasteiger partial charge in [0.15, 0.2) is 5.58 Å². The molecule has 2 aromatic carbocycles. The Kier molecular flexibility index (Phi) is 7.03. The number of furan rings is 1. The summed E-state index contributed by atoms with van der Waals surface area (Å²) < 4.78 is 23.1. The lowest BCUT2D eigenvalue weighted by Gasteiger charge is -2.23. The highest BCUT2D eigenvalue weighted by Gasteiger charge is 2.19. The molecule has 5 rings (SSSR count). The molecule has 0 unspecified atom stereocenters. The van der Waals surface area contributed by atoms with E-state index in [1.807, 2.05) is 63.2 Å². The Morgan fingerprint density at radius 3 is 2.50 bits per heavy atom. The summed E-state index contributed by atoms with van der Waals surface area (Å²) in [6.07, 6.45) is 2.88. The molecule has 1 N–H and O–H groups in total.